The molecule has 0 spiro atoms. The van der Waals surface area contributed by atoms with Crippen LogP contribution in [-0.2, 0) is 0 Å². The van der Waals surface area contributed by atoms with Gasteiger partial charge < -0.3 is 5.73 Å². The smallest absolute Gasteiger partial charge is 0.0223 e. The fourth-order valence-corrected chi connectivity index (χ4v) is 2.27. The van der Waals surface area contributed by atoms with E-state index in [4.69, 9.17) is 5.73 Å². The lowest BCUT2D eigenvalue weighted by atomic mass is 9.87. The Morgan fingerprint density at radius 2 is 1.47 bits per heavy atom. The lowest BCUT2D eigenvalue weighted by Gasteiger charge is -2.35. The van der Waals surface area contributed by atoms with Gasteiger partial charge in [-0.15, -0.1) is 0 Å². The first-order valence-corrected chi connectivity index (χ1v) is 7.38. The second-order valence-corrected chi connectivity index (χ2v) is 6.40. The Morgan fingerprint density at radius 1 is 1.00 bits per heavy atom. The van der Waals surface area contributed by atoms with Gasteiger partial charge in [0.25, 0.3) is 0 Å². The van der Waals surface area contributed by atoms with Crippen molar-refractivity contribution in [2.24, 2.45) is 11.1 Å². The largest absolute Gasteiger partial charge is 0.329 e. The molecular weight excluding hydrogens is 208 g/mol. The highest BCUT2D eigenvalue weighted by atomic mass is 15.2. The Hall–Kier alpha value is -0.0800. The van der Waals surface area contributed by atoms with Crippen LogP contribution in [0.1, 0.15) is 66.7 Å². The molecule has 0 fully saturated rings. The predicted molar refractivity (Wildman–Crippen MR) is 78.3 cm³/mol. The number of hydrogen-bond acceptors (Lipinski definition) is 2. The van der Waals surface area contributed by atoms with Crippen molar-refractivity contribution >= 4 is 0 Å². The van der Waals surface area contributed by atoms with Crippen LogP contribution in [0.2, 0.25) is 0 Å². The summed E-state index contributed by atoms with van der Waals surface area (Å²) in [5, 5.41) is 0. The lowest BCUT2D eigenvalue weighted by molar-refractivity contribution is 0.148. The summed E-state index contributed by atoms with van der Waals surface area (Å²) in [4.78, 5) is 2.62. The van der Waals surface area contributed by atoms with E-state index in [1.807, 2.05) is 0 Å². The van der Waals surface area contributed by atoms with Crippen LogP contribution in [0.4, 0.5) is 0 Å². The third-order valence-corrected chi connectivity index (χ3v) is 3.23. The van der Waals surface area contributed by atoms with Gasteiger partial charge in [0.1, 0.15) is 0 Å². The van der Waals surface area contributed by atoms with Gasteiger partial charge in [-0.1, -0.05) is 47.5 Å². The molecule has 2 nitrogen and oxygen atoms in total. The zero-order valence-corrected chi connectivity index (χ0v) is 12.8. The predicted octanol–water partition coefficient (Wildman–Crippen LogP) is 3.65. The molecule has 1 unspecified atom stereocenters. The molecule has 0 saturated heterocycles. The van der Waals surface area contributed by atoms with Gasteiger partial charge in [0.15, 0.2) is 0 Å². The zero-order valence-electron chi connectivity index (χ0n) is 12.8. The number of hydrogen-bond donors (Lipinski definition) is 1. The Labute approximate surface area is 109 Å². The molecule has 0 aliphatic heterocycles. The third-order valence-electron chi connectivity index (χ3n) is 3.23. The third kappa shape index (κ3) is 8.62. The molecule has 0 bridgehead atoms. The maximum atomic E-state index is 5.98. The number of nitrogens with two attached hydrogens (primary N) is 1. The van der Waals surface area contributed by atoms with Crippen LogP contribution < -0.4 is 5.73 Å². The summed E-state index contributed by atoms with van der Waals surface area (Å²) in [6, 6.07) is 0.563. The molecule has 1 atom stereocenters. The van der Waals surface area contributed by atoms with E-state index in [-0.39, 0.29) is 0 Å². The molecule has 0 aromatic rings. The number of rotatable bonds is 9. The van der Waals surface area contributed by atoms with Crippen molar-refractivity contribution in [1.29, 1.82) is 0 Å². The van der Waals surface area contributed by atoms with Gasteiger partial charge in [-0.2, -0.15) is 0 Å². The Bertz CT molecular complexity index is 164. The van der Waals surface area contributed by atoms with Crippen molar-refractivity contribution in [2.75, 3.05) is 19.6 Å². The van der Waals surface area contributed by atoms with Crippen LogP contribution in [0.3, 0.4) is 0 Å². The van der Waals surface area contributed by atoms with Crippen LogP contribution >= 0.6 is 0 Å². The summed E-state index contributed by atoms with van der Waals surface area (Å²) >= 11 is 0. The van der Waals surface area contributed by atoms with Gasteiger partial charge in [-0.05, 0) is 37.8 Å². The molecule has 0 aromatic heterocycles. The van der Waals surface area contributed by atoms with Crippen molar-refractivity contribution in [3.8, 4) is 0 Å². The van der Waals surface area contributed by atoms with Gasteiger partial charge in [0, 0.05) is 12.6 Å². The van der Waals surface area contributed by atoms with Crippen molar-refractivity contribution in [1.82, 2.24) is 4.90 Å². The lowest BCUT2D eigenvalue weighted by Crippen LogP contribution is -2.43. The average molecular weight is 242 g/mol. The maximum absolute atomic E-state index is 5.98. The topological polar surface area (TPSA) is 29.3 Å². The van der Waals surface area contributed by atoms with Crippen molar-refractivity contribution < 1.29 is 0 Å². The summed E-state index contributed by atoms with van der Waals surface area (Å²) in [6.07, 6.45) is 6.34. The van der Waals surface area contributed by atoms with E-state index in [0.29, 0.717) is 11.5 Å². The van der Waals surface area contributed by atoms with E-state index < -0.39 is 0 Å². The van der Waals surface area contributed by atoms with Gasteiger partial charge in [0.2, 0.25) is 0 Å². The Kier molecular flexibility index (Phi) is 8.89. The zero-order chi connectivity index (χ0) is 13.3. The summed E-state index contributed by atoms with van der Waals surface area (Å²) in [5.41, 5.74) is 6.36. The van der Waals surface area contributed by atoms with Gasteiger partial charge in [-0.25, -0.2) is 0 Å². The van der Waals surface area contributed by atoms with Gasteiger partial charge in [0.05, 0.1) is 0 Å². The van der Waals surface area contributed by atoms with Crippen LogP contribution in [0.15, 0.2) is 0 Å². The van der Waals surface area contributed by atoms with E-state index >= 15 is 0 Å². The highest BCUT2D eigenvalue weighted by molar-refractivity contribution is 4.78. The number of nitrogens with zero attached hydrogens (tertiary/aromatic N) is 1. The quantitative estimate of drug-likeness (QED) is 0.668. The fourth-order valence-electron chi connectivity index (χ4n) is 2.27. The van der Waals surface area contributed by atoms with Gasteiger partial charge in [-0.3, -0.25) is 4.90 Å². The second kappa shape index (κ2) is 8.93. The monoisotopic (exact) mass is 242 g/mol. The molecule has 104 valence electrons. The van der Waals surface area contributed by atoms with E-state index in [9.17, 15) is 0 Å². The highest BCUT2D eigenvalue weighted by Gasteiger charge is 2.22. The minimum Gasteiger partial charge on any atom is -0.329 e. The highest BCUT2D eigenvalue weighted by Crippen LogP contribution is 2.23. The SMILES string of the molecule is CCCCN(CCCC)C(CN)CC(C)(C)C. The van der Waals surface area contributed by atoms with Crippen molar-refractivity contribution in [3.63, 3.8) is 0 Å². The first-order chi connectivity index (χ1) is 7.94. The molecule has 0 aliphatic carbocycles. The molecule has 0 heterocycles. The van der Waals surface area contributed by atoms with E-state index in [1.54, 1.807) is 0 Å². The van der Waals surface area contributed by atoms with E-state index in [0.717, 1.165) is 6.54 Å². The molecule has 2 heteroatoms. The fraction of sp³-hybridized carbons (Fsp3) is 1.00. The molecule has 0 aliphatic rings. The Balaban J connectivity index is 4.36. The maximum Gasteiger partial charge on any atom is 0.0223 e. The molecule has 0 rings (SSSR count). The van der Waals surface area contributed by atoms with E-state index in [2.05, 4.69) is 39.5 Å². The number of unbranched alkanes of at least 4 members (excludes halogenated alkanes) is 2. The van der Waals surface area contributed by atoms with Crippen molar-refractivity contribution in [3.05, 3.63) is 0 Å². The molecule has 2 N–H and O–H groups in total. The van der Waals surface area contributed by atoms with Crippen LogP contribution in [-0.4, -0.2) is 30.6 Å². The van der Waals surface area contributed by atoms with E-state index in [1.165, 1.54) is 45.2 Å². The minimum atomic E-state index is 0.376. The normalized spacial score (nSPS) is 14.3. The second-order valence-electron chi connectivity index (χ2n) is 6.40. The molecule has 0 aromatic carbocycles. The first-order valence-electron chi connectivity index (χ1n) is 7.38. The molecule has 0 amide bonds. The van der Waals surface area contributed by atoms with Crippen LogP contribution in [0.25, 0.3) is 0 Å². The molecular formula is C15H34N2. The standard InChI is InChI=1S/C15H34N2/c1-6-8-10-17(11-9-7-2)14(13-16)12-15(3,4)5/h14H,6-13,16H2,1-5H3. The van der Waals surface area contributed by atoms with Gasteiger partial charge >= 0.3 is 0 Å². The summed E-state index contributed by atoms with van der Waals surface area (Å²) in [5.74, 6) is 0. The Morgan fingerprint density at radius 3 is 1.76 bits per heavy atom. The summed E-state index contributed by atoms with van der Waals surface area (Å²) in [6.45, 7) is 14.7. The average Bonchev–Trinajstić information content (AvgIpc) is 2.25. The molecule has 0 radical (unpaired) electrons. The van der Waals surface area contributed by atoms with Crippen LogP contribution in [0, 0.1) is 5.41 Å². The van der Waals surface area contributed by atoms with Crippen molar-refractivity contribution in [2.45, 2.75) is 72.8 Å². The summed E-state index contributed by atoms with van der Waals surface area (Å²) in [7, 11) is 0. The summed E-state index contributed by atoms with van der Waals surface area (Å²) < 4.78 is 0. The molecule has 17 heavy (non-hydrogen) atoms. The minimum absolute atomic E-state index is 0.376. The first kappa shape index (κ1) is 16.9. The van der Waals surface area contributed by atoms with Crippen LogP contribution in [0.5, 0.6) is 0 Å². The molecule has 0 saturated carbocycles.